The van der Waals surface area contributed by atoms with Crippen LogP contribution in [0.3, 0.4) is 0 Å². The number of rotatable bonds is 4. The van der Waals surface area contributed by atoms with Crippen molar-refractivity contribution in [2.45, 2.75) is 19.0 Å². The second kappa shape index (κ2) is 6.17. The molecule has 0 N–H and O–H groups in total. The number of ketones is 1. The Morgan fingerprint density at radius 2 is 1.92 bits per heavy atom. The van der Waals surface area contributed by atoms with Gasteiger partial charge in [0.25, 0.3) is 0 Å². The second-order valence-corrected chi connectivity index (χ2v) is 8.56. The molecule has 0 aliphatic carbocycles. The zero-order valence-electron chi connectivity index (χ0n) is 13.8. The number of hydrogen-bond acceptors (Lipinski definition) is 6. The first-order chi connectivity index (χ1) is 12.4. The lowest BCUT2D eigenvalue weighted by molar-refractivity contribution is 0.0972. The van der Waals surface area contributed by atoms with Crippen LogP contribution in [-0.2, 0) is 16.4 Å². The average Bonchev–Trinajstić information content (AvgIpc) is 3.21. The van der Waals surface area contributed by atoms with Crippen LogP contribution in [0.2, 0.25) is 0 Å². The molecule has 0 unspecified atom stereocenters. The van der Waals surface area contributed by atoms with Gasteiger partial charge in [-0.2, -0.15) is 10.1 Å². The largest absolute Gasteiger partial charge is 0.348 e. The Morgan fingerprint density at radius 3 is 2.62 bits per heavy atom. The van der Waals surface area contributed by atoms with Crippen molar-refractivity contribution in [1.82, 2.24) is 19.3 Å². The van der Waals surface area contributed by atoms with E-state index in [0.717, 1.165) is 0 Å². The van der Waals surface area contributed by atoms with E-state index in [1.165, 1.54) is 17.0 Å². The van der Waals surface area contributed by atoms with E-state index in [4.69, 9.17) is 0 Å². The van der Waals surface area contributed by atoms with Crippen LogP contribution in [0.4, 0.5) is 0 Å². The van der Waals surface area contributed by atoms with Crippen molar-refractivity contribution >= 4 is 26.7 Å². The van der Waals surface area contributed by atoms with Crippen LogP contribution < -0.4 is 5.69 Å². The fraction of sp³-hybridized carbons (Fsp3) is 0.294. The lowest BCUT2D eigenvalue weighted by Gasteiger charge is -2.11. The van der Waals surface area contributed by atoms with E-state index >= 15 is 0 Å². The molecule has 4 rings (SSSR count). The molecular formula is C17H16N4O4S. The summed E-state index contributed by atoms with van der Waals surface area (Å²) >= 11 is 0. The highest BCUT2D eigenvalue weighted by Crippen LogP contribution is 2.26. The Morgan fingerprint density at radius 1 is 1.15 bits per heavy atom. The maximum absolute atomic E-state index is 12.5. The normalized spacial score (nSPS) is 19.0. The van der Waals surface area contributed by atoms with Gasteiger partial charge in [-0.25, -0.2) is 13.2 Å². The van der Waals surface area contributed by atoms with Crippen molar-refractivity contribution in [2.75, 3.05) is 11.5 Å². The van der Waals surface area contributed by atoms with E-state index in [2.05, 4.69) is 10.1 Å². The van der Waals surface area contributed by atoms with Gasteiger partial charge < -0.3 is 0 Å². The van der Waals surface area contributed by atoms with Crippen LogP contribution in [0.5, 0.6) is 0 Å². The molecule has 1 aromatic carbocycles. The van der Waals surface area contributed by atoms with Crippen molar-refractivity contribution in [3.8, 4) is 0 Å². The number of aromatic nitrogens is 4. The Balaban J connectivity index is 1.73. The van der Waals surface area contributed by atoms with E-state index in [1.807, 2.05) is 6.07 Å². The summed E-state index contributed by atoms with van der Waals surface area (Å²) in [7, 11) is -3.07. The quantitative estimate of drug-likeness (QED) is 0.629. The number of sulfone groups is 1. The molecule has 0 spiro atoms. The van der Waals surface area contributed by atoms with Gasteiger partial charge in [-0.1, -0.05) is 30.3 Å². The third-order valence-corrected chi connectivity index (χ3v) is 6.33. The summed E-state index contributed by atoms with van der Waals surface area (Å²) in [6.45, 7) is -0.151. The number of hydrogen-bond donors (Lipinski definition) is 0. The minimum atomic E-state index is -3.07. The summed E-state index contributed by atoms with van der Waals surface area (Å²) in [6, 6.07) is 8.42. The summed E-state index contributed by atoms with van der Waals surface area (Å²) in [4.78, 5) is 28.5. The first kappa shape index (κ1) is 16.6. The van der Waals surface area contributed by atoms with Crippen LogP contribution in [-0.4, -0.2) is 45.0 Å². The van der Waals surface area contributed by atoms with Gasteiger partial charge in [0.1, 0.15) is 5.52 Å². The topological polar surface area (TPSA) is 104 Å². The molecule has 8 nitrogen and oxygen atoms in total. The Kier molecular flexibility index (Phi) is 3.95. The molecule has 3 heterocycles. The van der Waals surface area contributed by atoms with E-state index in [-0.39, 0.29) is 29.9 Å². The molecule has 1 aliphatic rings. The summed E-state index contributed by atoms with van der Waals surface area (Å²) in [5.41, 5.74) is 0.984. The average molecular weight is 372 g/mol. The smallest absolute Gasteiger partial charge is 0.292 e. The van der Waals surface area contributed by atoms with Crippen LogP contribution in [0.25, 0.3) is 11.0 Å². The van der Waals surface area contributed by atoms with Crippen molar-refractivity contribution in [1.29, 1.82) is 0 Å². The fourth-order valence-corrected chi connectivity index (χ4v) is 4.95. The molecule has 3 aromatic rings. The minimum Gasteiger partial charge on any atom is -0.292 e. The molecule has 0 saturated carbocycles. The Labute approximate surface area is 149 Å². The van der Waals surface area contributed by atoms with Crippen molar-refractivity contribution in [3.05, 3.63) is 58.8 Å². The predicted octanol–water partition coefficient (Wildman–Crippen LogP) is 0.835. The van der Waals surface area contributed by atoms with Crippen LogP contribution in [0.15, 0.2) is 47.5 Å². The fourth-order valence-electron chi connectivity index (χ4n) is 3.26. The number of carbonyl (C=O) groups excluding carboxylic acids is 1. The van der Waals surface area contributed by atoms with Gasteiger partial charge in [0.15, 0.2) is 15.6 Å². The molecular weight excluding hydrogens is 356 g/mol. The third-order valence-electron chi connectivity index (χ3n) is 4.58. The maximum atomic E-state index is 12.5. The molecule has 9 heteroatoms. The van der Waals surface area contributed by atoms with E-state index < -0.39 is 15.5 Å². The highest BCUT2D eigenvalue weighted by Gasteiger charge is 2.31. The molecule has 0 radical (unpaired) electrons. The molecule has 1 aliphatic heterocycles. The van der Waals surface area contributed by atoms with Gasteiger partial charge in [0.05, 0.1) is 42.0 Å². The zero-order valence-corrected chi connectivity index (χ0v) is 14.6. The predicted molar refractivity (Wildman–Crippen MR) is 94.9 cm³/mol. The number of Topliss-reactive ketones (excluding diaryl/α,β-unsaturated/α-hetero) is 1. The van der Waals surface area contributed by atoms with Gasteiger partial charge >= 0.3 is 5.69 Å². The number of nitrogens with zero attached hydrogens (tertiary/aromatic N) is 4. The molecule has 0 amide bonds. The van der Waals surface area contributed by atoms with Crippen LogP contribution in [0.1, 0.15) is 22.8 Å². The molecule has 2 aromatic heterocycles. The van der Waals surface area contributed by atoms with Crippen LogP contribution >= 0.6 is 0 Å². The highest BCUT2D eigenvalue weighted by atomic mass is 32.2. The van der Waals surface area contributed by atoms with Gasteiger partial charge in [0.2, 0.25) is 0 Å². The van der Waals surface area contributed by atoms with Gasteiger partial charge in [0, 0.05) is 5.56 Å². The third kappa shape index (κ3) is 2.94. The summed E-state index contributed by atoms with van der Waals surface area (Å²) in [5, 5.41) is 4.27. The van der Waals surface area contributed by atoms with Crippen LogP contribution in [0, 0.1) is 0 Å². The van der Waals surface area contributed by atoms with Gasteiger partial charge in [-0.3, -0.25) is 14.0 Å². The van der Waals surface area contributed by atoms with Crippen molar-refractivity contribution in [2.24, 2.45) is 0 Å². The summed E-state index contributed by atoms with van der Waals surface area (Å²) in [5.74, 6) is -0.0667. The summed E-state index contributed by atoms with van der Waals surface area (Å²) in [6.07, 6.45) is 3.35. The first-order valence-electron chi connectivity index (χ1n) is 8.16. The molecule has 1 saturated heterocycles. The monoisotopic (exact) mass is 372 g/mol. The second-order valence-electron chi connectivity index (χ2n) is 6.33. The van der Waals surface area contributed by atoms with E-state index in [0.29, 0.717) is 23.0 Å². The number of fused-ring (bicyclic) bond motifs is 1. The molecule has 1 fully saturated rings. The standard InChI is InChI=1S/C17H16N4O4S/c22-16(12-4-2-1-3-5-12)10-20-14-9-19-21(15(14)8-18-17(20)23)13-6-7-26(24,25)11-13/h1-5,8-9,13H,6-7,10-11H2/t13-/m1/s1. The summed E-state index contributed by atoms with van der Waals surface area (Å²) < 4.78 is 26.3. The number of benzene rings is 1. The first-order valence-corrected chi connectivity index (χ1v) is 9.98. The zero-order chi connectivity index (χ0) is 18.3. The number of carbonyl (C=O) groups is 1. The van der Waals surface area contributed by atoms with E-state index in [1.54, 1.807) is 28.9 Å². The molecule has 26 heavy (non-hydrogen) atoms. The lowest BCUT2D eigenvalue weighted by Crippen LogP contribution is -2.26. The molecule has 0 bridgehead atoms. The Bertz CT molecular complexity index is 1150. The minimum absolute atomic E-state index is 0.0197. The lowest BCUT2D eigenvalue weighted by atomic mass is 10.1. The van der Waals surface area contributed by atoms with E-state index in [9.17, 15) is 18.0 Å². The Hall–Kier alpha value is -2.81. The van der Waals surface area contributed by atoms with Crippen molar-refractivity contribution < 1.29 is 13.2 Å². The van der Waals surface area contributed by atoms with Crippen molar-refractivity contribution in [3.63, 3.8) is 0 Å². The maximum Gasteiger partial charge on any atom is 0.348 e. The highest BCUT2D eigenvalue weighted by molar-refractivity contribution is 7.91. The van der Waals surface area contributed by atoms with Gasteiger partial charge in [-0.15, -0.1) is 0 Å². The molecule has 1 atom stereocenters. The van der Waals surface area contributed by atoms with Gasteiger partial charge in [-0.05, 0) is 6.42 Å². The molecule has 134 valence electrons. The SMILES string of the molecule is O=C(Cn1c(=O)ncc2c1cnn2[C@@H]1CCS(=O)(=O)C1)c1ccccc1.